The number of rotatable bonds is 3. The van der Waals surface area contributed by atoms with Crippen LogP contribution >= 0.6 is 0 Å². The van der Waals surface area contributed by atoms with E-state index in [1.807, 2.05) is 36.4 Å². The monoisotopic (exact) mass is 527 g/mol. The molecule has 5 nitrogen and oxygen atoms in total. The summed E-state index contributed by atoms with van der Waals surface area (Å²) in [7, 11) is 0. The van der Waals surface area contributed by atoms with Crippen LogP contribution in [0.1, 0.15) is 0 Å². The Morgan fingerprint density at radius 1 is 0.537 bits per heavy atom. The van der Waals surface area contributed by atoms with Crippen molar-refractivity contribution >= 4 is 82.9 Å². The maximum Gasteiger partial charge on any atom is 0.229 e. The minimum atomic E-state index is 0.596. The number of para-hydroxylation sites is 2. The van der Waals surface area contributed by atoms with Crippen molar-refractivity contribution < 1.29 is 8.83 Å². The van der Waals surface area contributed by atoms with Gasteiger partial charge in [-0.3, -0.25) is 9.88 Å². The summed E-state index contributed by atoms with van der Waals surface area (Å²) in [5, 5.41) is 7.81. The van der Waals surface area contributed by atoms with Gasteiger partial charge in [0.15, 0.2) is 11.2 Å². The average molecular weight is 528 g/mol. The first-order chi connectivity index (χ1) is 20.3. The fourth-order valence-corrected chi connectivity index (χ4v) is 6.03. The molecule has 0 N–H and O–H groups in total. The van der Waals surface area contributed by atoms with Crippen LogP contribution in [0.3, 0.4) is 0 Å². The van der Waals surface area contributed by atoms with Crippen molar-refractivity contribution in [3.05, 3.63) is 128 Å². The van der Waals surface area contributed by atoms with Gasteiger partial charge in [0.1, 0.15) is 16.9 Å². The molecule has 4 heterocycles. The topological polar surface area (TPSA) is 55.3 Å². The Labute approximate surface area is 233 Å². The Balaban J connectivity index is 1.33. The van der Waals surface area contributed by atoms with Crippen LogP contribution in [0.4, 0.5) is 17.2 Å². The number of aromatic nitrogens is 2. The van der Waals surface area contributed by atoms with Gasteiger partial charge < -0.3 is 8.83 Å². The Morgan fingerprint density at radius 3 is 2.29 bits per heavy atom. The molecule has 0 spiro atoms. The summed E-state index contributed by atoms with van der Waals surface area (Å²) in [6, 6.07) is 41.6. The van der Waals surface area contributed by atoms with Crippen LogP contribution in [-0.2, 0) is 0 Å². The summed E-state index contributed by atoms with van der Waals surface area (Å²) in [4.78, 5) is 11.8. The lowest BCUT2D eigenvalue weighted by Gasteiger charge is -2.24. The van der Waals surface area contributed by atoms with Crippen LogP contribution in [-0.4, -0.2) is 9.97 Å². The molecule has 0 radical (unpaired) electrons. The van der Waals surface area contributed by atoms with Crippen LogP contribution in [0.25, 0.3) is 65.7 Å². The number of furan rings is 2. The van der Waals surface area contributed by atoms with E-state index in [-0.39, 0.29) is 0 Å². The van der Waals surface area contributed by atoms with Gasteiger partial charge in [-0.05, 0) is 76.1 Å². The van der Waals surface area contributed by atoms with Crippen LogP contribution in [0, 0.1) is 0 Å². The Bertz CT molecular complexity index is 2450. The zero-order chi connectivity index (χ0) is 26.9. The lowest BCUT2D eigenvalue weighted by atomic mass is 10.0. The molecule has 4 aromatic heterocycles. The molecule has 5 aromatic carbocycles. The molecule has 0 unspecified atom stereocenters. The van der Waals surface area contributed by atoms with E-state index < -0.39 is 0 Å². The van der Waals surface area contributed by atoms with Gasteiger partial charge in [-0.25, -0.2) is 0 Å². The maximum atomic E-state index is 6.43. The Hall–Kier alpha value is -5.68. The molecule has 5 heteroatoms. The maximum absolute atomic E-state index is 6.43. The molecule has 9 rings (SSSR count). The zero-order valence-corrected chi connectivity index (χ0v) is 21.8. The highest BCUT2D eigenvalue weighted by atomic mass is 16.3. The van der Waals surface area contributed by atoms with Crippen LogP contribution < -0.4 is 4.90 Å². The molecule has 41 heavy (non-hydrogen) atoms. The predicted molar refractivity (Wildman–Crippen MR) is 166 cm³/mol. The summed E-state index contributed by atoms with van der Waals surface area (Å²) in [6.07, 6.45) is 1.80. The number of pyridine rings is 2. The normalized spacial score (nSPS) is 11.9. The summed E-state index contributed by atoms with van der Waals surface area (Å²) in [5.41, 5.74) is 5.61. The fraction of sp³-hybridized carbons (Fsp3) is 0. The van der Waals surface area contributed by atoms with Gasteiger partial charge in [-0.2, -0.15) is 4.98 Å². The number of fused-ring (bicyclic) bond motifs is 9. The molecule has 0 atom stereocenters. The molecule has 0 aliphatic carbocycles. The van der Waals surface area contributed by atoms with Gasteiger partial charge in [-0.1, -0.05) is 66.7 Å². The summed E-state index contributed by atoms with van der Waals surface area (Å²) in [6.45, 7) is 0. The first kappa shape index (κ1) is 22.2. The summed E-state index contributed by atoms with van der Waals surface area (Å²) in [5.74, 6) is 0.734. The molecule has 192 valence electrons. The number of benzene rings is 5. The van der Waals surface area contributed by atoms with Crippen LogP contribution in [0.5, 0.6) is 0 Å². The highest BCUT2D eigenvalue weighted by molar-refractivity contribution is 6.11. The van der Waals surface area contributed by atoms with E-state index in [0.29, 0.717) is 5.71 Å². The van der Waals surface area contributed by atoms with E-state index >= 15 is 0 Å². The molecule has 0 amide bonds. The molecule has 9 aromatic rings. The quantitative estimate of drug-likeness (QED) is 0.214. The van der Waals surface area contributed by atoms with Gasteiger partial charge in [0.25, 0.3) is 0 Å². The number of anilines is 3. The first-order valence-electron chi connectivity index (χ1n) is 13.6. The van der Waals surface area contributed by atoms with E-state index in [0.717, 1.165) is 61.0 Å². The average Bonchev–Trinajstić information content (AvgIpc) is 3.60. The van der Waals surface area contributed by atoms with Crippen molar-refractivity contribution in [3.8, 4) is 0 Å². The molecular weight excluding hydrogens is 506 g/mol. The van der Waals surface area contributed by atoms with Gasteiger partial charge in [0.05, 0.1) is 5.69 Å². The molecule has 0 bridgehead atoms. The van der Waals surface area contributed by atoms with Gasteiger partial charge >= 0.3 is 0 Å². The SMILES string of the molecule is c1ccc2c(c1)ccc1cc(N(c3ccc4c(n3)oc3ccccc34)c3cccc4c3oc3cccnc34)ccc12. The highest BCUT2D eigenvalue weighted by Gasteiger charge is 2.22. The molecule has 0 aliphatic rings. The predicted octanol–water partition coefficient (Wildman–Crippen LogP) is 10.1. The summed E-state index contributed by atoms with van der Waals surface area (Å²) < 4.78 is 12.6. The smallest absolute Gasteiger partial charge is 0.229 e. The molecular formula is C36H21N3O2. The zero-order valence-electron chi connectivity index (χ0n) is 21.8. The number of hydrogen-bond donors (Lipinski definition) is 0. The molecule has 0 fully saturated rings. The van der Waals surface area contributed by atoms with E-state index in [2.05, 4.69) is 94.8 Å². The third-order valence-electron chi connectivity index (χ3n) is 7.92. The van der Waals surface area contributed by atoms with E-state index in [9.17, 15) is 0 Å². The minimum Gasteiger partial charge on any atom is -0.452 e. The Kier molecular flexibility index (Phi) is 4.55. The van der Waals surface area contributed by atoms with Gasteiger partial charge in [-0.15, -0.1) is 0 Å². The van der Waals surface area contributed by atoms with Crippen molar-refractivity contribution in [2.75, 3.05) is 4.90 Å². The third kappa shape index (κ3) is 3.29. The lowest BCUT2D eigenvalue weighted by molar-refractivity contribution is 0.654. The second-order valence-electron chi connectivity index (χ2n) is 10.3. The third-order valence-corrected chi connectivity index (χ3v) is 7.92. The second-order valence-corrected chi connectivity index (χ2v) is 10.3. The van der Waals surface area contributed by atoms with E-state index in [1.165, 1.54) is 16.2 Å². The van der Waals surface area contributed by atoms with Crippen LogP contribution in [0.2, 0.25) is 0 Å². The van der Waals surface area contributed by atoms with E-state index in [1.54, 1.807) is 6.20 Å². The fourth-order valence-electron chi connectivity index (χ4n) is 6.03. The standard InChI is InChI=1S/C36H21N3O2/c1-2-8-25-22(7-1)14-15-23-21-24(16-17-26(23)25)39(30-11-5-10-29-34-32(40-35(29)30)13-6-20-37-34)33-19-18-28-27-9-3-4-12-31(27)41-36(28)38-33/h1-21H. The van der Waals surface area contributed by atoms with Crippen molar-refractivity contribution in [2.45, 2.75) is 0 Å². The van der Waals surface area contributed by atoms with Crippen molar-refractivity contribution in [3.63, 3.8) is 0 Å². The van der Waals surface area contributed by atoms with Crippen molar-refractivity contribution in [1.82, 2.24) is 9.97 Å². The minimum absolute atomic E-state index is 0.596. The molecule has 0 aliphatic heterocycles. The summed E-state index contributed by atoms with van der Waals surface area (Å²) >= 11 is 0. The largest absolute Gasteiger partial charge is 0.452 e. The second kappa shape index (κ2) is 8.41. The van der Waals surface area contributed by atoms with Crippen molar-refractivity contribution in [1.29, 1.82) is 0 Å². The number of nitrogens with zero attached hydrogens (tertiary/aromatic N) is 3. The first-order valence-corrected chi connectivity index (χ1v) is 13.6. The van der Waals surface area contributed by atoms with Gasteiger partial charge in [0, 0.05) is 28.0 Å². The van der Waals surface area contributed by atoms with Gasteiger partial charge in [0.2, 0.25) is 5.71 Å². The van der Waals surface area contributed by atoms with E-state index in [4.69, 9.17) is 13.8 Å². The van der Waals surface area contributed by atoms with Crippen molar-refractivity contribution in [2.24, 2.45) is 0 Å². The number of hydrogen-bond acceptors (Lipinski definition) is 5. The van der Waals surface area contributed by atoms with Crippen LogP contribution in [0.15, 0.2) is 136 Å². The Morgan fingerprint density at radius 2 is 1.32 bits per heavy atom. The molecule has 0 saturated heterocycles. The molecule has 0 saturated carbocycles. The lowest BCUT2D eigenvalue weighted by Crippen LogP contribution is -2.11. The highest BCUT2D eigenvalue weighted by Crippen LogP contribution is 2.43.